The Morgan fingerprint density at radius 1 is 1.53 bits per heavy atom. The van der Waals surface area contributed by atoms with Gasteiger partial charge in [0.05, 0.1) is 25.4 Å². The van der Waals surface area contributed by atoms with Crippen molar-refractivity contribution < 1.29 is 14.6 Å². The van der Waals surface area contributed by atoms with Gasteiger partial charge in [0.2, 0.25) is 0 Å². The second-order valence-electron chi connectivity index (χ2n) is 4.26. The maximum absolute atomic E-state index is 9.73. The minimum absolute atomic E-state index is 0.264. The zero-order valence-electron chi connectivity index (χ0n) is 9.98. The van der Waals surface area contributed by atoms with Crippen LogP contribution >= 0.6 is 0 Å². The number of aliphatic hydroxyl groups excluding tert-OH is 1. The largest absolute Gasteiger partial charge is 0.389 e. The van der Waals surface area contributed by atoms with Crippen LogP contribution in [0.1, 0.15) is 20.8 Å². The summed E-state index contributed by atoms with van der Waals surface area (Å²) in [5.74, 6) is 0. The van der Waals surface area contributed by atoms with Crippen LogP contribution in [0.4, 0.5) is 0 Å². The van der Waals surface area contributed by atoms with Crippen molar-refractivity contribution in [2.75, 3.05) is 32.9 Å². The van der Waals surface area contributed by atoms with Crippen LogP contribution in [-0.2, 0) is 9.47 Å². The molecule has 0 amide bonds. The maximum atomic E-state index is 9.73. The quantitative estimate of drug-likeness (QED) is 0.728. The molecule has 0 spiro atoms. The van der Waals surface area contributed by atoms with Crippen molar-refractivity contribution in [3.63, 3.8) is 0 Å². The topological polar surface area (TPSA) is 41.9 Å². The van der Waals surface area contributed by atoms with E-state index in [-0.39, 0.29) is 6.10 Å². The molecule has 1 aliphatic heterocycles. The van der Waals surface area contributed by atoms with Gasteiger partial charge in [-0.2, -0.15) is 0 Å². The molecule has 1 saturated heterocycles. The van der Waals surface area contributed by atoms with Crippen LogP contribution in [-0.4, -0.2) is 61.2 Å². The summed E-state index contributed by atoms with van der Waals surface area (Å²) in [6.45, 7) is 9.53. The Labute approximate surface area is 92.2 Å². The van der Waals surface area contributed by atoms with Crippen molar-refractivity contribution in [2.24, 2.45) is 0 Å². The molecule has 1 rings (SSSR count). The van der Waals surface area contributed by atoms with E-state index in [1.165, 1.54) is 0 Å². The summed E-state index contributed by atoms with van der Waals surface area (Å²) in [7, 11) is 0. The number of ether oxygens (including phenoxy) is 2. The number of nitrogens with zero attached hydrogens (tertiary/aromatic N) is 1. The maximum Gasteiger partial charge on any atom is 0.0900 e. The van der Waals surface area contributed by atoms with Crippen LogP contribution < -0.4 is 0 Å². The third-order valence-corrected chi connectivity index (χ3v) is 2.70. The predicted molar refractivity (Wildman–Crippen MR) is 58.9 cm³/mol. The Hall–Kier alpha value is -0.160. The summed E-state index contributed by atoms with van der Waals surface area (Å²) in [4.78, 5) is 2.26. The van der Waals surface area contributed by atoms with Gasteiger partial charge >= 0.3 is 0 Å². The van der Waals surface area contributed by atoms with Crippen molar-refractivity contribution in [1.82, 2.24) is 4.90 Å². The van der Waals surface area contributed by atoms with E-state index in [4.69, 9.17) is 9.47 Å². The zero-order chi connectivity index (χ0) is 11.3. The number of morpholine rings is 1. The van der Waals surface area contributed by atoms with Crippen molar-refractivity contribution in [1.29, 1.82) is 0 Å². The number of rotatable bonds is 5. The monoisotopic (exact) mass is 217 g/mol. The summed E-state index contributed by atoms with van der Waals surface area (Å²) in [6.07, 6.45) is -0.127. The zero-order valence-corrected chi connectivity index (χ0v) is 9.98. The molecule has 3 atom stereocenters. The minimum atomic E-state index is -0.391. The SMILES string of the molecule is CCOCC(O)CN1CC(C)OCC1C. The normalized spacial score (nSPS) is 30.4. The average Bonchev–Trinajstić information content (AvgIpc) is 2.20. The van der Waals surface area contributed by atoms with E-state index in [0.29, 0.717) is 25.8 Å². The standard InChI is InChI=1S/C11H23NO3/c1-4-14-8-11(13)6-12-5-10(3)15-7-9(12)2/h9-11,13H,4-8H2,1-3H3. The molecular formula is C11H23NO3. The van der Waals surface area contributed by atoms with Gasteiger partial charge in [0.25, 0.3) is 0 Å². The third kappa shape index (κ3) is 4.47. The molecule has 15 heavy (non-hydrogen) atoms. The highest BCUT2D eigenvalue weighted by molar-refractivity contribution is 4.77. The van der Waals surface area contributed by atoms with Crippen LogP contribution in [0.15, 0.2) is 0 Å². The van der Waals surface area contributed by atoms with Gasteiger partial charge < -0.3 is 14.6 Å². The Kier molecular flexibility index (Phi) is 5.53. The predicted octanol–water partition coefficient (Wildman–Crippen LogP) is 0.493. The van der Waals surface area contributed by atoms with Gasteiger partial charge in [-0.15, -0.1) is 0 Å². The molecular weight excluding hydrogens is 194 g/mol. The van der Waals surface area contributed by atoms with Gasteiger partial charge in [-0.1, -0.05) is 0 Å². The first kappa shape index (κ1) is 12.9. The molecule has 3 unspecified atom stereocenters. The lowest BCUT2D eigenvalue weighted by atomic mass is 10.2. The molecule has 0 saturated carbocycles. The first-order valence-corrected chi connectivity index (χ1v) is 5.75. The van der Waals surface area contributed by atoms with Gasteiger partial charge in [0.15, 0.2) is 0 Å². The molecule has 0 aromatic rings. The molecule has 4 heteroatoms. The van der Waals surface area contributed by atoms with Crippen LogP contribution in [0.3, 0.4) is 0 Å². The van der Waals surface area contributed by atoms with Crippen LogP contribution in [0.25, 0.3) is 0 Å². The number of aliphatic hydroxyl groups is 1. The van der Waals surface area contributed by atoms with Gasteiger partial charge in [0.1, 0.15) is 0 Å². The Morgan fingerprint density at radius 2 is 2.27 bits per heavy atom. The fourth-order valence-electron chi connectivity index (χ4n) is 1.80. The van der Waals surface area contributed by atoms with Crippen molar-refractivity contribution in [3.8, 4) is 0 Å². The summed E-state index contributed by atoms with van der Waals surface area (Å²) in [5, 5.41) is 9.73. The van der Waals surface area contributed by atoms with E-state index in [1.54, 1.807) is 0 Å². The number of hydrogen-bond donors (Lipinski definition) is 1. The molecule has 0 radical (unpaired) electrons. The fraction of sp³-hybridized carbons (Fsp3) is 1.00. The van der Waals surface area contributed by atoms with Crippen molar-refractivity contribution in [2.45, 2.75) is 39.0 Å². The Balaban J connectivity index is 2.28. The van der Waals surface area contributed by atoms with E-state index in [1.807, 2.05) is 6.92 Å². The summed E-state index contributed by atoms with van der Waals surface area (Å²) >= 11 is 0. The molecule has 0 aliphatic carbocycles. The fourth-order valence-corrected chi connectivity index (χ4v) is 1.80. The highest BCUT2D eigenvalue weighted by atomic mass is 16.5. The highest BCUT2D eigenvalue weighted by Crippen LogP contribution is 2.11. The van der Waals surface area contributed by atoms with E-state index < -0.39 is 6.10 Å². The molecule has 0 aromatic heterocycles. The molecule has 1 N–H and O–H groups in total. The van der Waals surface area contributed by atoms with Gasteiger partial charge in [-0.3, -0.25) is 4.90 Å². The lowest BCUT2D eigenvalue weighted by Crippen LogP contribution is -2.50. The molecule has 4 nitrogen and oxygen atoms in total. The summed E-state index contributed by atoms with van der Waals surface area (Å²) < 4.78 is 10.7. The van der Waals surface area contributed by atoms with Gasteiger partial charge in [0, 0.05) is 25.7 Å². The summed E-state index contributed by atoms with van der Waals surface area (Å²) in [6, 6.07) is 0.387. The second-order valence-corrected chi connectivity index (χ2v) is 4.26. The lowest BCUT2D eigenvalue weighted by Gasteiger charge is -2.37. The number of hydrogen-bond acceptors (Lipinski definition) is 4. The smallest absolute Gasteiger partial charge is 0.0900 e. The van der Waals surface area contributed by atoms with Crippen molar-refractivity contribution >= 4 is 0 Å². The number of β-amino-alcohol motifs (C(OH)–C–C–N with tert-alkyl or cyclic N) is 1. The van der Waals surface area contributed by atoms with E-state index in [9.17, 15) is 5.11 Å². The molecule has 0 bridgehead atoms. The van der Waals surface area contributed by atoms with Gasteiger partial charge in [-0.05, 0) is 20.8 Å². The van der Waals surface area contributed by atoms with Crippen molar-refractivity contribution in [3.05, 3.63) is 0 Å². The Morgan fingerprint density at radius 3 is 2.93 bits per heavy atom. The van der Waals surface area contributed by atoms with Crippen LogP contribution in [0.5, 0.6) is 0 Å². The summed E-state index contributed by atoms with van der Waals surface area (Å²) in [5.41, 5.74) is 0. The first-order chi connectivity index (χ1) is 7.13. The van der Waals surface area contributed by atoms with Crippen LogP contribution in [0, 0.1) is 0 Å². The third-order valence-electron chi connectivity index (χ3n) is 2.70. The minimum Gasteiger partial charge on any atom is -0.389 e. The average molecular weight is 217 g/mol. The van der Waals surface area contributed by atoms with Gasteiger partial charge in [-0.25, -0.2) is 0 Å². The van der Waals surface area contributed by atoms with E-state index in [2.05, 4.69) is 18.7 Å². The first-order valence-electron chi connectivity index (χ1n) is 5.75. The lowest BCUT2D eigenvalue weighted by molar-refractivity contribution is -0.0697. The molecule has 1 aliphatic rings. The van der Waals surface area contributed by atoms with E-state index >= 15 is 0 Å². The second kappa shape index (κ2) is 6.43. The van der Waals surface area contributed by atoms with Crippen LogP contribution in [0.2, 0.25) is 0 Å². The molecule has 90 valence electrons. The molecule has 1 heterocycles. The molecule has 1 fully saturated rings. The van der Waals surface area contributed by atoms with E-state index in [0.717, 1.165) is 13.2 Å². The highest BCUT2D eigenvalue weighted by Gasteiger charge is 2.24. The Bertz CT molecular complexity index is 177. The molecule has 0 aromatic carbocycles.